The third-order valence-corrected chi connectivity index (χ3v) is 7.79. The van der Waals surface area contributed by atoms with E-state index in [1.807, 2.05) is 27.7 Å². The van der Waals surface area contributed by atoms with E-state index in [2.05, 4.69) is 5.18 Å². The second-order valence-electron chi connectivity index (χ2n) is 9.74. The van der Waals surface area contributed by atoms with Crippen molar-refractivity contribution < 1.29 is 9.53 Å². The molecule has 1 atom stereocenters. The summed E-state index contributed by atoms with van der Waals surface area (Å²) in [6, 6.07) is 10.1. The lowest BCUT2D eigenvalue weighted by atomic mass is 9.60. The van der Waals surface area contributed by atoms with Crippen LogP contribution in [-0.2, 0) is 10.3 Å². The van der Waals surface area contributed by atoms with Gasteiger partial charge < -0.3 is 9.64 Å². The predicted molar refractivity (Wildman–Crippen MR) is 139 cm³/mol. The van der Waals surface area contributed by atoms with Crippen LogP contribution in [-0.4, -0.2) is 29.7 Å². The van der Waals surface area contributed by atoms with Crippen molar-refractivity contribution in [3.8, 4) is 0 Å². The van der Waals surface area contributed by atoms with Gasteiger partial charge in [-0.25, -0.2) is 4.79 Å². The van der Waals surface area contributed by atoms with E-state index in [0.717, 1.165) is 6.42 Å². The molecule has 1 aliphatic rings. The summed E-state index contributed by atoms with van der Waals surface area (Å²) in [5.41, 5.74) is -1.62. The van der Waals surface area contributed by atoms with Crippen LogP contribution in [0.15, 0.2) is 41.6 Å². The van der Waals surface area contributed by atoms with Gasteiger partial charge in [-0.1, -0.05) is 77.1 Å². The fourth-order valence-electron chi connectivity index (χ4n) is 4.94. The Morgan fingerprint density at radius 2 is 1.53 bits per heavy atom. The van der Waals surface area contributed by atoms with E-state index in [0.29, 0.717) is 50.6 Å². The molecule has 0 N–H and O–H groups in total. The zero-order valence-electron chi connectivity index (χ0n) is 19.6. The molecule has 2 aromatic rings. The Kier molecular flexibility index (Phi) is 8.13. The molecule has 9 heteroatoms. The molecular formula is C25H28Cl4N2O3. The highest BCUT2D eigenvalue weighted by atomic mass is 35.5. The average Bonchev–Trinajstić information content (AvgIpc) is 3.18. The number of carbonyl (C=O) groups excluding carboxylic acids is 1. The van der Waals surface area contributed by atoms with Crippen molar-refractivity contribution in [3.63, 3.8) is 0 Å². The van der Waals surface area contributed by atoms with Crippen molar-refractivity contribution in [2.45, 2.75) is 58.1 Å². The van der Waals surface area contributed by atoms with Crippen LogP contribution < -0.4 is 0 Å². The standard InChI is InChI=1S/C25H28Cl4N2O3/c1-5-10-24(11-12-31(15-24)22(32)34-23(2,3)4)25(30-33,16-6-8-18(26)20(28)13-16)17-7-9-19(27)21(29)14-17/h6-9,13-14H,5,10-12,15H2,1-4H3/t24-/m0/s1. The Labute approximate surface area is 220 Å². The maximum Gasteiger partial charge on any atom is 0.410 e. The first kappa shape index (κ1) is 27.1. The van der Waals surface area contributed by atoms with Gasteiger partial charge in [0.05, 0.1) is 20.1 Å². The zero-order valence-corrected chi connectivity index (χ0v) is 22.7. The first-order valence-electron chi connectivity index (χ1n) is 11.1. The number of ether oxygens (including phenoxy) is 1. The number of rotatable bonds is 6. The van der Waals surface area contributed by atoms with Crippen LogP contribution in [0.2, 0.25) is 20.1 Å². The van der Waals surface area contributed by atoms with Crippen molar-refractivity contribution in [1.29, 1.82) is 0 Å². The lowest BCUT2D eigenvalue weighted by Crippen LogP contribution is -2.48. The Bertz CT molecular complexity index is 1030. The molecule has 1 amide bonds. The van der Waals surface area contributed by atoms with Crippen LogP contribution in [0.3, 0.4) is 0 Å². The molecule has 184 valence electrons. The lowest BCUT2D eigenvalue weighted by Gasteiger charge is -2.44. The number of hydrogen-bond donors (Lipinski definition) is 0. The fourth-order valence-corrected chi connectivity index (χ4v) is 5.53. The van der Waals surface area contributed by atoms with Crippen LogP contribution in [0, 0.1) is 10.3 Å². The van der Waals surface area contributed by atoms with E-state index in [1.165, 1.54) is 0 Å². The summed E-state index contributed by atoms with van der Waals surface area (Å²) in [5, 5.41) is 5.16. The van der Waals surface area contributed by atoms with Crippen molar-refractivity contribution >= 4 is 52.5 Å². The normalized spacial score (nSPS) is 18.8. The number of nitroso groups, excluding NO2 is 1. The monoisotopic (exact) mass is 544 g/mol. The number of nitrogens with zero attached hydrogens (tertiary/aromatic N) is 2. The van der Waals surface area contributed by atoms with Gasteiger partial charge in [0, 0.05) is 18.5 Å². The number of halogens is 4. The molecule has 34 heavy (non-hydrogen) atoms. The van der Waals surface area contributed by atoms with Crippen molar-refractivity contribution in [2.75, 3.05) is 13.1 Å². The second kappa shape index (κ2) is 10.2. The Hall–Kier alpha value is -1.53. The van der Waals surface area contributed by atoms with Crippen molar-refractivity contribution in [1.82, 2.24) is 4.90 Å². The Morgan fingerprint density at radius 3 is 1.94 bits per heavy atom. The molecule has 5 nitrogen and oxygen atoms in total. The first-order valence-corrected chi connectivity index (χ1v) is 12.6. The third-order valence-electron chi connectivity index (χ3n) is 6.31. The summed E-state index contributed by atoms with van der Waals surface area (Å²) < 4.78 is 5.62. The largest absolute Gasteiger partial charge is 0.444 e. The van der Waals surface area contributed by atoms with Crippen LogP contribution in [0.1, 0.15) is 58.1 Å². The predicted octanol–water partition coefficient (Wildman–Crippen LogP) is 8.74. The van der Waals surface area contributed by atoms with E-state index in [4.69, 9.17) is 51.1 Å². The van der Waals surface area contributed by atoms with Gasteiger partial charge in [-0.05, 0) is 69.0 Å². The summed E-state index contributed by atoms with van der Waals surface area (Å²) in [6.45, 7) is 8.21. The molecule has 1 fully saturated rings. The fraction of sp³-hybridized carbons (Fsp3) is 0.480. The van der Waals surface area contributed by atoms with E-state index in [1.54, 1.807) is 41.3 Å². The zero-order chi connectivity index (χ0) is 25.3. The minimum atomic E-state index is -1.40. The van der Waals surface area contributed by atoms with Gasteiger partial charge in [0.15, 0.2) is 5.54 Å². The molecule has 3 rings (SSSR count). The molecule has 1 saturated heterocycles. The van der Waals surface area contributed by atoms with Gasteiger partial charge in [0.25, 0.3) is 0 Å². The van der Waals surface area contributed by atoms with E-state index in [9.17, 15) is 9.70 Å². The molecule has 2 aromatic carbocycles. The van der Waals surface area contributed by atoms with Crippen LogP contribution in [0.4, 0.5) is 4.79 Å². The van der Waals surface area contributed by atoms with Gasteiger partial charge in [0.2, 0.25) is 0 Å². The summed E-state index contributed by atoms with van der Waals surface area (Å²) in [5.74, 6) is 0. The number of hydrogen-bond acceptors (Lipinski definition) is 4. The molecule has 1 heterocycles. The molecule has 0 unspecified atom stereocenters. The third kappa shape index (κ3) is 5.04. The number of carbonyl (C=O) groups is 1. The van der Waals surface area contributed by atoms with Gasteiger partial charge in [-0.2, -0.15) is 0 Å². The minimum absolute atomic E-state index is 0.280. The summed E-state index contributed by atoms with van der Waals surface area (Å²) >= 11 is 25.2. The van der Waals surface area contributed by atoms with Gasteiger partial charge >= 0.3 is 6.09 Å². The number of amides is 1. The van der Waals surface area contributed by atoms with E-state index in [-0.39, 0.29) is 6.54 Å². The van der Waals surface area contributed by atoms with Crippen LogP contribution in [0.5, 0.6) is 0 Å². The highest BCUT2D eigenvalue weighted by Gasteiger charge is 2.59. The molecule has 0 spiro atoms. The number of likely N-dealkylation sites (tertiary alicyclic amines) is 1. The molecule has 0 aliphatic carbocycles. The summed E-state index contributed by atoms with van der Waals surface area (Å²) in [6.07, 6.45) is 1.50. The van der Waals surface area contributed by atoms with Crippen LogP contribution >= 0.6 is 46.4 Å². The molecule has 0 aromatic heterocycles. The topological polar surface area (TPSA) is 59.0 Å². The lowest BCUT2D eigenvalue weighted by molar-refractivity contribution is 0.0247. The molecule has 0 saturated carbocycles. The molecule has 0 radical (unpaired) electrons. The summed E-state index contributed by atoms with van der Waals surface area (Å²) in [4.78, 5) is 27.7. The van der Waals surface area contributed by atoms with E-state index >= 15 is 0 Å². The SMILES string of the molecule is CCC[C@]1(C(N=O)(c2ccc(Cl)c(Cl)c2)c2ccc(Cl)c(Cl)c2)CCN(C(=O)OC(C)(C)C)C1. The minimum Gasteiger partial charge on any atom is -0.444 e. The van der Waals surface area contributed by atoms with Gasteiger partial charge in [-0.15, -0.1) is 4.91 Å². The second-order valence-corrected chi connectivity index (χ2v) is 11.4. The Morgan fingerprint density at radius 1 is 1.00 bits per heavy atom. The Balaban J connectivity index is 2.24. The van der Waals surface area contributed by atoms with Gasteiger partial charge in [-0.3, -0.25) is 0 Å². The number of benzene rings is 2. The maximum absolute atomic E-state index is 13.1. The molecular weight excluding hydrogens is 518 g/mol. The maximum atomic E-state index is 13.1. The average molecular weight is 546 g/mol. The molecule has 1 aliphatic heterocycles. The van der Waals surface area contributed by atoms with Crippen molar-refractivity contribution in [2.24, 2.45) is 10.6 Å². The smallest absolute Gasteiger partial charge is 0.410 e. The van der Waals surface area contributed by atoms with Crippen molar-refractivity contribution in [3.05, 3.63) is 72.5 Å². The quantitative estimate of drug-likeness (QED) is 0.341. The van der Waals surface area contributed by atoms with Crippen LogP contribution in [0.25, 0.3) is 0 Å². The van der Waals surface area contributed by atoms with Gasteiger partial charge in [0.1, 0.15) is 5.60 Å². The van der Waals surface area contributed by atoms with E-state index < -0.39 is 22.6 Å². The molecule has 0 bridgehead atoms. The first-order chi connectivity index (χ1) is 15.9. The highest BCUT2D eigenvalue weighted by molar-refractivity contribution is 6.42. The highest BCUT2D eigenvalue weighted by Crippen LogP contribution is 2.57. The summed E-state index contributed by atoms with van der Waals surface area (Å²) in [7, 11) is 0.